The third kappa shape index (κ3) is 5.05. The summed E-state index contributed by atoms with van der Waals surface area (Å²) in [6, 6.07) is 10.4. The molecule has 5 nitrogen and oxygen atoms in total. The predicted octanol–water partition coefficient (Wildman–Crippen LogP) is 4.30. The van der Waals surface area contributed by atoms with Gasteiger partial charge in [0.1, 0.15) is 10.6 Å². The lowest BCUT2D eigenvalue weighted by atomic mass is 10.2. The van der Waals surface area contributed by atoms with E-state index >= 15 is 0 Å². The molecule has 1 aromatic heterocycles. The molecule has 0 spiro atoms. The molecule has 2 heterocycles. The lowest BCUT2D eigenvalue weighted by Crippen LogP contribution is -2.44. The van der Waals surface area contributed by atoms with Crippen LogP contribution >= 0.6 is 11.3 Å². The minimum absolute atomic E-state index is 0.193. The Bertz CT molecular complexity index is 724. The second-order valence-electron chi connectivity index (χ2n) is 7.59. The third-order valence-electron chi connectivity index (χ3n) is 4.28. The summed E-state index contributed by atoms with van der Waals surface area (Å²) in [5.74, 6) is 0. The molecule has 6 heteroatoms. The molecule has 140 valence electrons. The number of thiazole rings is 1. The second-order valence-corrected chi connectivity index (χ2v) is 8.54. The lowest BCUT2D eigenvalue weighted by Gasteiger charge is -2.28. The maximum atomic E-state index is 12.3. The van der Waals surface area contributed by atoms with Gasteiger partial charge in [0.15, 0.2) is 0 Å². The van der Waals surface area contributed by atoms with Crippen LogP contribution in [0.1, 0.15) is 38.6 Å². The van der Waals surface area contributed by atoms with Gasteiger partial charge in [0.2, 0.25) is 0 Å². The molecule has 26 heavy (non-hydrogen) atoms. The summed E-state index contributed by atoms with van der Waals surface area (Å²) in [5.41, 5.74) is 1.71. The molecule has 2 aromatic rings. The highest BCUT2D eigenvalue weighted by Crippen LogP contribution is 2.22. The van der Waals surface area contributed by atoms with E-state index in [1.165, 1.54) is 0 Å². The molecule has 1 unspecified atom stereocenters. The summed E-state index contributed by atoms with van der Waals surface area (Å²) in [6.45, 7) is 7.97. The van der Waals surface area contributed by atoms with Gasteiger partial charge in [-0.15, -0.1) is 11.3 Å². The minimum Gasteiger partial charge on any atom is -0.444 e. The predicted molar refractivity (Wildman–Crippen MR) is 105 cm³/mol. The molecule has 1 amide bonds. The van der Waals surface area contributed by atoms with E-state index in [1.54, 1.807) is 11.3 Å². The first-order valence-corrected chi connectivity index (χ1v) is 10.0. The van der Waals surface area contributed by atoms with E-state index < -0.39 is 5.60 Å². The van der Waals surface area contributed by atoms with Gasteiger partial charge in [-0.05, 0) is 33.6 Å². The molecule has 0 aliphatic carbocycles. The number of likely N-dealkylation sites (tertiary alicyclic amines) is 1. The number of carbonyl (C=O) groups excluding carboxylic acids is 1. The van der Waals surface area contributed by atoms with E-state index in [9.17, 15) is 4.79 Å². The molecule has 0 radical (unpaired) electrons. The van der Waals surface area contributed by atoms with Gasteiger partial charge in [0.05, 0.1) is 5.69 Å². The van der Waals surface area contributed by atoms with Crippen LogP contribution in [0.4, 0.5) is 4.79 Å². The number of hydrogen-bond donors (Lipinski definition) is 1. The molecular formula is C20H27N3O2S. The molecular weight excluding hydrogens is 346 g/mol. The Kier molecular flexibility index (Phi) is 5.94. The van der Waals surface area contributed by atoms with E-state index in [2.05, 4.69) is 22.8 Å². The van der Waals surface area contributed by atoms with Gasteiger partial charge >= 0.3 is 6.09 Å². The SMILES string of the molecule is CC(C)(C)OC(=O)N1CCCC1CNCc1nc(-c2ccccc2)cs1. The summed E-state index contributed by atoms with van der Waals surface area (Å²) in [4.78, 5) is 18.9. The molecule has 1 atom stereocenters. The summed E-state index contributed by atoms with van der Waals surface area (Å²) < 4.78 is 5.52. The van der Waals surface area contributed by atoms with Gasteiger partial charge in [-0.1, -0.05) is 30.3 Å². The summed E-state index contributed by atoms with van der Waals surface area (Å²) in [5, 5.41) is 6.61. The molecule has 3 rings (SSSR count). The number of nitrogens with zero attached hydrogens (tertiary/aromatic N) is 2. The number of aromatic nitrogens is 1. The Hall–Kier alpha value is -1.92. The number of amides is 1. The highest BCUT2D eigenvalue weighted by atomic mass is 32.1. The molecule has 1 aliphatic heterocycles. The number of ether oxygens (including phenoxy) is 1. The van der Waals surface area contributed by atoms with Crippen molar-refractivity contribution in [2.45, 2.75) is 51.8 Å². The Morgan fingerprint density at radius 1 is 1.35 bits per heavy atom. The molecule has 1 N–H and O–H groups in total. The zero-order chi connectivity index (χ0) is 18.6. The Balaban J connectivity index is 1.50. The molecule has 0 saturated carbocycles. The van der Waals surface area contributed by atoms with Crippen LogP contribution in [0.3, 0.4) is 0 Å². The molecule has 0 bridgehead atoms. The van der Waals surface area contributed by atoms with E-state index in [0.29, 0.717) is 0 Å². The van der Waals surface area contributed by atoms with Gasteiger partial charge in [-0.2, -0.15) is 0 Å². The van der Waals surface area contributed by atoms with Crippen molar-refractivity contribution in [3.63, 3.8) is 0 Å². The van der Waals surface area contributed by atoms with Crippen LogP contribution in [0.2, 0.25) is 0 Å². The zero-order valence-electron chi connectivity index (χ0n) is 15.7. The summed E-state index contributed by atoms with van der Waals surface area (Å²) in [6.07, 6.45) is 1.84. The average molecular weight is 374 g/mol. The fraction of sp³-hybridized carbons (Fsp3) is 0.500. The zero-order valence-corrected chi connectivity index (χ0v) is 16.5. The van der Waals surface area contributed by atoms with Crippen molar-refractivity contribution in [1.29, 1.82) is 0 Å². The van der Waals surface area contributed by atoms with Gasteiger partial charge in [-0.25, -0.2) is 9.78 Å². The van der Waals surface area contributed by atoms with Crippen molar-refractivity contribution in [3.05, 3.63) is 40.7 Å². The highest BCUT2D eigenvalue weighted by molar-refractivity contribution is 7.09. The number of hydrogen-bond acceptors (Lipinski definition) is 5. The fourth-order valence-electron chi connectivity index (χ4n) is 3.09. The fourth-order valence-corrected chi connectivity index (χ4v) is 3.86. The molecule has 1 fully saturated rings. The van der Waals surface area contributed by atoms with Crippen LogP contribution in [0.5, 0.6) is 0 Å². The van der Waals surface area contributed by atoms with Crippen LogP contribution in [-0.4, -0.2) is 40.7 Å². The quantitative estimate of drug-likeness (QED) is 0.849. The molecule has 1 aliphatic rings. The smallest absolute Gasteiger partial charge is 0.410 e. The Morgan fingerprint density at radius 3 is 2.85 bits per heavy atom. The van der Waals surface area contributed by atoms with E-state index in [4.69, 9.17) is 9.72 Å². The maximum absolute atomic E-state index is 12.3. The van der Waals surface area contributed by atoms with Crippen LogP contribution in [0.25, 0.3) is 11.3 Å². The topological polar surface area (TPSA) is 54.5 Å². The van der Waals surface area contributed by atoms with Crippen molar-refractivity contribution in [3.8, 4) is 11.3 Å². The first-order valence-electron chi connectivity index (χ1n) is 9.12. The monoisotopic (exact) mass is 373 g/mol. The Labute approximate surface area is 159 Å². The van der Waals surface area contributed by atoms with E-state index in [-0.39, 0.29) is 12.1 Å². The van der Waals surface area contributed by atoms with Gasteiger partial charge in [-0.3, -0.25) is 0 Å². The normalized spacial score (nSPS) is 17.5. The number of rotatable bonds is 5. The third-order valence-corrected chi connectivity index (χ3v) is 5.13. The van der Waals surface area contributed by atoms with Crippen molar-refractivity contribution in [2.75, 3.05) is 13.1 Å². The first kappa shape index (κ1) is 18.9. The highest BCUT2D eigenvalue weighted by Gasteiger charge is 2.31. The Morgan fingerprint density at radius 2 is 2.12 bits per heavy atom. The second kappa shape index (κ2) is 8.18. The number of carbonyl (C=O) groups is 1. The standard InChI is InChI=1S/C20H27N3O2S/c1-20(2,3)25-19(24)23-11-7-10-16(23)12-21-13-18-22-17(14-26-18)15-8-5-4-6-9-15/h4-6,8-9,14,16,21H,7,10-13H2,1-3H3. The van der Waals surface area contributed by atoms with Crippen molar-refractivity contribution in [1.82, 2.24) is 15.2 Å². The van der Waals surface area contributed by atoms with Gasteiger partial charge in [0.25, 0.3) is 0 Å². The lowest BCUT2D eigenvalue weighted by molar-refractivity contribution is 0.0226. The van der Waals surface area contributed by atoms with Gasteiger partial charge < -0.3 is 15.0 Å². The van der Waals surface area contributed by atoms with Crippen LogP contribution in [0, 0.1) is 0 Å². The van der Waals surface area contributed by atoms with E-state index in [1.807, 2.05) is 43.9 Å². The largest absolute Gasteiger partial charge is 0.444 e. The van der Waals surface area contributed by atoms with Crippen LogP contribution < -0.4 is 5.32 Å². The minimum atomic E-state index is -0.452. The van der Waals surface area contributed by atoms with E-state index in [0.717, 1.165) is 48.7 Å². The van der Waals surface area contributed by atoms with Crippen LogP contribution in [0.15, 0.2) is 35.7 Å². The number of nitrogens with one attached hydrogen (secondary N) is 1. The molecule has 1 saturated heterocycles. The van der Waals surface area contributed by atoms with Crippen LogP contribution in [-0.2, 0) is 11.3 Å². The first-order chi connectivity index (χ1) is 12.4. The number of benzene rings is 1. The van der Waals surface area contributed by atoms with Gasteiger partial charge in [0, 0.05) is 36.6 Å². The van der Waals surface area contributed by atoms with Crippen molar-refractivity contribution in [2.24, 2.45) is 0 Å². The average Bonchev–Trinajstić information content (AvgIpc) is 3.24. The summed E-state index contributed by atoms with van der Waals surface area (Å²) >= 11 is 1.66. The summed E-state index contributed by atoms with van der Waals surface area (Å²) in [7, 11) is 0. The van der Waals surface area contributed by atoms with Crippen molar-refractivity contribution < 1.29 is 9.53 Å². The van der Waals surface area contributed by atoms with Crippen molar-refractivity contribution >= 4 is 17.4 Å². The maximum Gasteiger partial charge on any atom is 0.410 e. The molecule has 1 aromatic carbocycles.